The molecule has 1 aliphatic heterocycles. The van der Waals surface area contributed by atoms with Gasteiger partial charge < -0.3 is 19.5 Å². The summed E-state index contributed by atoms with van der Waals surface area (Å²) in [5.74, 6) is -1.02. The maximum atomic E-state index is 13.9. The first-order chi connectivity index (χ1) is 16.7. The van der Waals surface area contributed by atoms with Crippen molar-refractivity contribution in [2.75, 3.05) is 19.2 Å². The summed E-state index contributed by atoms with van der Waals surface area (Å²) in [4.78, 5) is 27.7. The van der Waals surface area contributed by atoms with Gasteiger partial charge in [-0.1, -0.05) is 48.0 Å². The molecule has 0 saturated carbocycles. The van der Waals surface area contributed by atoms with Crippen LogP contribution in [-0.4, -0.2) is 49.3 Å². The monoisotopic (exact) mass is 475 g/mol. The SMILES string of the molecule is COCO[C@H]1[C@H](C)O[C@@H](C)C[C@@]1(C)Nc1cccc2c1C(=O)C1C=Cc3cc(C)ccc3C1C2=O. The zero-order valence-electron chi connectivity index (χ0n) is 21.0. The normalized spacial score (nSPS) is 31.5. The Balaban J connectivity index is 1.54. The first-order valence-electron chi connectivity index (χ1n) is 12.3. The molecular formula is C29H33NO5. The molecule has 2 unspecified atom stereocenters. The molecule has 6 heteroatoms. The summed E-state index contributed by atoms with van der Waals surface area (Å²) in [6.45, 7) is 8.28. The van der Waals surface area contributed by atoms with E-state index in [0.29, 0.717) is 23.2 Å². The summed E-state index contributed by atoms with van der Waals surface area (Å²) < 4.78 is 17.2. The number of nitrogens with one attached hydrogen (secondary N) is 1. The maximum absolute atomic E-state index is 13.9. The lowest BCUT2D eigenvalue weighted by Crippen LogP contribution is -2.59. The third-order valence-electron chi connectivity index (χ3n) is 7.58. The van der Waals surface area contributed by atoms with Crippen molar-refractivity contribution in [3.05, 3.63) is 70.3 Å². The smallest absolute Gasteiger partial charge is 0.173 e. The van der Waals surface area contributed by atoms with Crippen molar-refractivity contribution in [1.29, 1.82) is 0 Å². The van der Waals surface area contributed by atoms with Crippen LogP contribution in [0.5, 0.6) is 0 Å². The molecule has 184 valence electrons. The molecule has 2 aromatic carbocycles. The third kappa shape index (κ3) is 4.03. The minimum atomic E-state index is -0.530. The molecule has 1 saturated heterocycles. The van der Waals surface area contributed by atoms with Gasteiger partial charge in [-0.15, -0.1) is 0 Å². The fourth-order valence-electron chi connectivity index (χ4n) is 6.25. The predicted octanol–water partition coefficient (Wildman–Crippen LogP) is 5.16. The van der Waals surface area contributed by atoms with E-state index in [1.54, 1.807) is 13.2 Å². The Labute approximate surface area is 206 Å². The molecule has 0 aromatic heterocycles. The lowest BCUT2D eigenvalue weighted by Gasteiger charge is -2.48. The van der Waals surface area contributed by atoms with E-state index in [9.17, 15) is 9.59 Å². The number of hydrogen-bond donors (Lipinski definition) is 1. The zero-order chi connectivity index (χ0) is 24.9. The van der Waals surface area contributed by atoms with Crippen molar-refractivity contribution in [3.63, 3.8) is 0 Å². The minimum absolute atomic E-state index is 0.00578. The highest BCUT2D eigenvalue weighted by atomic mass is 16.7. The quantitative estimate of drug-likeness (QED) is 0.603. The molecule has 35 heavy (non-hydrogen) atoms. The van der Waals surface area contributed by atoms with E-state index in [0.717, 1.165) is 16.7 Å². The van der Waals surface area contributed by atoms with Gasteiger partial charge in [0.05, 0.1) is 35.1 Å². The zero-order valence-corrected chi connectivity index (χ0v) is 21.0. The number of rotatable bonds is 5. The number of anilines is 1. The number of hydrogen-bond acceptors (Lipinski definition) is 6. The van der Waals surface area contributed by atoms with Gasteiger partial charge in [0.25, 0.3) is 0 Å². The Morgan fingerprint density at radius 3 is 2.71 bits per heavy atom. The molecular weight excluding hydrogens is 442 g/mol. The molecule has 5 rings (SSSR count). The summed E-state index contributed by atoms with van der Waals surface area (Å²) in [5.41, 5.74) is 4.16. The van der Waals surface area contributed by atoms with Crippen LogP contribution in [0, 0.1) is 12.8 Å². The molecule has 0 radical (unpaired) electrons. The van der Waals surface area contributed by atoms with Crippen LogP contribution < -0.4 is 5.32 Å². The second-order valence-electron chi connectivity index (χ2n) is 10.3. The molecule has 1 N–H and O–H groups in total. The predicted molar refractivity (Wildman–Crippen MR) is 135 cm³/mol. The summed E-state index contributed by atoms with van der Waals surface area (Å²) >= 11 is 0. The van der Waals surface area contributed by atoms with Gasteiger partial charge in [0.2, 0.25) is 0 Å². The number of aryl methyl sites for hydroxylation is 1. The number of carbonyl (C=O) groups is 2. The van der Waals surface area contributed by atoms with Crippen LogP contribution in [0.15, 0.2) is 42.5 Å². The first kappa shape index (κ1) is 23.9. The largest absolute Gasteiger partial charge is 0.376 e. The van der Waals surface area contributed by atoms with Crippen LogP contribution in [0.3, 0.4) is 0 Å². The van der Waals surface area contributed by atoms with Crippen LogP contribution in [0.4, 0.5) is 5.69 Å². The van der Waals surface area contributed by atoms with Gasteiger partial charge in [-0.25, -0.2) is 0 Å². The van der Waals surface area contributed by atoms with Gasteiger partial charge in [0.15, 0.2) is 11.6 Å². The van der Waals surface area contributed by atoms with Gasteiger partial charge in [-0.2, -0.15) is 0 Å². The fourth-order valence-corrected chi connectivity index (χ4v) is 6.25. The van der Waals surface area contributed by atoms with E-state index in [2.05, 4.69) is 18.3 Å². The fraction of sp³-hybridized carbons (Fsp3) is 0.448. The van der Waals surface area contributed by atoms with Crippen LogP contribution in [-0.2, 0) is 14.2 Å². The average Bonchev–Trinajstić information content (AvgIpc) is 2.81. The van der Waals surface area contributed by atoms with Crippen LogP contribution in [0.2, 0.25) is 0 Å². The number of benzene rings is 2. The van der Waals surface area contributed by atoms with Gasteiger partial charge in [0.1, 0.15) is 12.9 Å². The van der Waals surface area contributed by atoms with Gasteiger partial charge >= 0.3 is 0 Å². The van der Waals surface area contributed by atoms with E-state index < -0.39 is 17.4 Å². The van der Waals surface area contributed by atoms with Gasteiger partial charge in [-0.05, 0) is 51.3 Å². The highest BCUT2D eigenvalue weighted by Crippen LogP contribution is 2.45. The minimum Gasteiger partial charge on any atom is -0.376 e. The standard InChI is InChI=1S/C29H33NO5/c1-16-9-11-20-19(13-16)10-12-22-24(20)26(31)21-7-6-8-23(25(21)27(22)32)30-29(4)14-17(2)35-18(3)28(29)34-15-33-5/h6-13,17-18,22,24,28,30H,14-15H2,1-5H3/t17-,18-,22?,24?,28-,29+/m0/s1. The number of fused-ring (bicyclic) bond motifs is 4. The average molecular weight is 476 g/mol. The van der Waals surface area contributed by atoms with Crippen molar-refractivity contribution in [2.45, 2.75) is 63.9 Å². The number of methoxy groups -OCH3 is 1. The van der Waals surface area contributed by atoms with E-state index >= 15 is 0 Å². The lowest BCUT2D eigenvalue weighted by atomic mass is 9.67. The number of allylic oxidation sites excluding steroid dienone is 1. The molecule has 6 nitrogen and oxygen atoms in total. The van der Waals surface area contributed by atoms with Crippen LogP contribution in [0.1, 0.15) is 70.5 Å². The Bertz CT molecular complexity index is 1200. The molecule has 2 aromatic rings. The highest BCUT2D eigenvalue weighted by Gasteiger charge is 2.48. The van der Waals surface area contributed by atoms with E-state index in [4.69, 9.17) is 14.2 Å². The number of carbonyl (C=O) groups excluding carboxylic acids is 2. The van der Waals surface area contributed by atoms with E-state index in [1.165, 1.54) is 0 Å². The summed E-state index contributed by atoms with van der Waals surface area (Å²) in [6.07, 6.45) is 4.09. The van der Waals surface area contributed by atoms with Crippen molar-refractivity contribution < 1.29 is 23.8 Å². The molecule has 0 spiro atoms. The second kappa shape index (κ2) is 9.01. The molecule has 1 fully saturated rings. The highest BCUT2D eigenvalue weighted by molar-refractivity contribution is 6.21. The summed E-state index contributed by atoms with van der Waals surface area (Å²) in [7, 11) is 1.59. The van der Waals surface area contributed by atoms with Crippen molar-refractivity contribution in [2.24, 2.45) is 5.92 Å². The molecule has 2 aliphatic carbocycles. The Kier molecular flexibility index (Phi) is 6.16. The maximum Gasteiger partial charge on any atom is 0.173 e. The van der Waals surface area contributed by atoms with E-state index in [-0.39, 0.29) is 36.7 Å². The number of Topliss-reactive ketones (excluding diaryl/α,β-unsaturated/α-hetero) is 2. The Hall–Kier alpha value is -2.80. The van der Waals surface area contributed by atoms with Crippen LogP contribution >= 0.6 is 0 Å². The molecule has 3 aliphatic rings. The van der Waals surface area contributed by atoms with Gasteiger partial charge in [-0.3, -0.25) is 9.59 Å². The molecule has 0 bridgehead atoms. The Morgan fingerprint density at radius 1 is 1.14 bits per heavy atom. The lowest BCUT2D eigenvalue weighted by molar-refractivity contribution is -0.185. The van der Waals surface area contributed by atoms with Crippen molar-refractivity contribution in [3.8, 4) is 0 Å². The summed E-state index contributed by atoms with van der Waals surface area (Å²) in [6, 6.07) is 11.6. The topological polar surface area (TPSA) is 73.9 Å². The number of ether oxygens (including phenoxy) is 3. The van der Waals surface area contributed by atoms with Crippen molar-refractivity contribution in [1.82, 2.24) is 0 Å². The van der Waals surface area contributed by atoms with Gasteiger partial charge in [0, 0.05) is 18.4 Å². The first-order valence-corrected chi connectivity index (χ1v) is 12.3. The van der Waals surface area contributed by atoms with Crippen LogP contribution in [0.25, 0.3) is 6.08 Å². The molecule has 1 heterocycles. The Morgan fingerprint density at radius 2 is 1.94 bits per heavy atom. The van der Waals surface area contributed by atoms with Crippen molar-refractivity contribution >= 4 is 23.3 Å². The third-order valence-corrected chi connectivity index (χ3v) is 7.58. The molecule has 0 amide bonds. The second-order valence-corrected chi connectivity index (χ2v) is 10.3. The summed E-state index contributed by atoms with van der Waals surface area (Å²) in [5, 5.41) is 3.62. The molecule has 6 atom stereocenters. The number of ketones is 2. The van der Waals surface area contributed by atoms with E-state index in [1.807, 2.05) is 57.2 Å².